The second-order valence-electron chi connectivity index (χ2n) is 4.18. The molecule has 1 aromatic carbocycles. The van der Waals surface area contributed by atoms with Crippen molar-refractivity contribution < 1.29 is 24.7 Å². The monoisotopic (exact) mass is 282 g/mol. The molecule has 0 aliphatic heterocycles. The van der Waals surface area contributed by atoms with Crippen LogP contribution in [0.15, 0.2) is 12.1 Å². The van der Waals surface area contributed by atoms with E-state index in [-0.39, 0.29) is 42.6 Å². The van der Waals surface area contributed by atoms with Crippen LogP contribution in [0.4, 0.5) is 11.4 Å². The van der Waals surface area contributed by atoms with Gasteiger partial charge in [0.05, 0.1) is 4.92 Å². The zero-order valence-electron chi connectivity index (χ0n) is 10.5. The summed E-state index contributed by atoms with van der Waals surface area (Å²) in [5, 5.41) is 28.3. The lowest BCUT2D eigenvalue weighted by molar-refractivity contribution is -0.385. The van der Waals surface area contributed by atoms with Gasteiger partial charge in [-0.05, 0) is 24.5 Å². The molecule has 0 spiro atoms. The molecule has 0 saturated carbocycles. The first-order valence-corrected chi connectivity index (χ1v) is 5.81. The van der Waals surface area contributed by atoms with Crippen LogP contribution >= 0.6 is 0 Å². The van der Waals surface area contributed by atoms with Crippen molar-refractivity contribution in [3.05, 3.63) is 33.4 Å². The fourth-order valence-corrected chi connectivity index (χ4v) is 1.91. The third-order valence-electron chi connectivity index (χ3n) is 2.82. The first kappa shape index (κ1) is 15.4. The number of benzene rings is 1. The van der Waals surface area contributed by atoms with Gasteiger partial charge in [-0.1, -0.05) is 0 Å². The van der Waals surface area contributed by atoms with Crippen molar-refractivity contribution in [1.82, 2.24) is 0 Å². The Morgan fingerprint density at radius 2 is 1.60 bits per heavy atom. The van der Waals surface area contributed by atoms with Gasteiger partial charge in [0.1, 0.15) is 0 Å². The SMILES string of the molecule is Nc1ccc([N+](=O)[O-])c(CCC(=O)O)c1CCC(=O)O. The van der Waals surface area contributed by atoms with E-state index in [1.807, 2.05) is 0 Å². The minimum atomic E-state index is -1.09. The highest BCUT2D eigenvalue weighted by molar-refractivity contribution is 5.70. The van der Waals surface area contributed by atoms with Crippen LogP contribution < -0.4 is 5.73 Å². The largest absolute Gasteiger partial charge is 0.481 e. The number of anilines is 1. The first-order chi connectivity index (χ1) is 9.32. The van der Waals surface area contributed by atoms with Crippen LogP contribution in [-0.4, -0.2) is 27.1 Å². The number of nitrogens with zero attached hydrogens (tertiary/aromatic N) is 1. The topological polar surface area (TPSA) is 144 Å². The Balaban J connectivity index is 3.21. The molecule has 8 heteroatoms. The molecule has 0 radical (unpaired) electrons. The van der Waals surface area contributed by atoms with Crippen LogP contribution in [0.3, 0.4) is 0 Å². The molecule has 0 bridgehead atoms. The molecule has 0 fully saturated rings. The number of aliphatic carboxylic acids is 2. The van der Waals surface area contributed by atoms with E-state index in [2.05, 4.69) is 0 Å². The Labute approximate surface area is 114 Å². The van der Waals surface area contributed by atoms with E-state index in [1.54, 1.807) is 0 Å². The van der Waals surface area contributed by atoms with Crippen molar-refractivity contribution in [2.45, 2.75) is 25.7 Å². The summed E-state index contributed by atoms with van der Waals surface area (Å²) >= 11 is 0. The average molecular weight is 282 g/mol. The van der Waals surface area contributed by atoms with Gasteiger partial charge in [-0.3, -0.25) is 19.7 Å². The Morgan fingerprint density at radius 3 is 2.05 bits per heavy atom. The van der Waals surface area contributed by atoms with Crippen LogP contribution in [0.5, 0.6) is 0 Å². The molecular weight excluding hydrogens is 268 g/mol. The molecule has 1 rings (SSSR count). The Bertz CT molecular complexity index is 555. The molecule has 0 atom stereocenters. The summed E-state index contributed by atoms with van der Waals surface area (Å²) in [6, 6.07) is 2.54. The molecule has 8 nitrogen and oxygen atoms in total. The summed E-state index contributed by atoms with van der Waals surface area (Å²) < 4.78 is 0. The maximum atomic E-state index is 11.0. The Hall–Kier alpha value is -2.64. The first-order valence-electron chi connectivity index (χ1n) is 5.81. The summed E-state index contributed by atoms with van der Waals surface area (Å²) in [7, 11) is 0. The fraction of sp³-hybridized carbons (Fsp3) is 0.333. The molecule has 0 saturated heterocycles. The molecule has 1 aromatic rings. The minimum Gasteiger partial charge on any atom is -0.481 e. The van der Waals surface area contributed by atoms with Gasteiger partial charge in [0, 0.05) is 30.2 Å². The Morgan fingerprint density at radius 1 is 1.10 bits per heavy atom. The maximum Gasteiger partial charge on any atom is 0.303 e. The van der Waals surface area contributed by atoms with Crippen LogP contribution in [0.25, 0.3) is 0 Å². The zero-order chi connectivity index (χ0) is 15.3. The van der Waals surface area contributed by atoms with Gasteiger partial charge in [-0.25, -0.2) is 0 Å². The van der Waals surface area contributed by atoms with E-state index >= 15 is 0 Å². The number of hydrogen-bond acceptors (Lipinski definition) is 5. The lowest BCUT2D eigenvalue weighted by atomic mass is 9.95. The molecule has 108 valence electrons. The second-order valence-corrected chi connectivity index (χ2v) is 4.18. The Kier molecular flexibility index (Phi) is 5.01. The molecule has 0 aliphatic rings. The second kappa shape index (κ2) is 6.50. The molecular formula is C12H14N2O6. The predicted octanol–water partition coefficient (Wildman–Crippen LogP) is 1.21. The predicted molar refractivity (Wildman–Crippen MR) is 69.4 cm³/mol. The van der Waals surface area contributed by atoms with Crippen molar-refractivity contribution >= 4 is 23.3 Å². The lowest BCUT2D eigenvalue weighted by Gasteiger charge is -2.11. The number of nitro benzene ring substituents is 1. The summed E-state index contributed by atoms with van der Waals surface area (Å²) in [5.41, 5.74) is 6.25. The van der Waals surface area contributed by atoms with Crippen LogP contribution in [-0.2, 0) is 22.4 Å². The summed E-state index contributed by atoms with van der Waals surface area (Å²) in [6.45, 7) is 0. The van der Waals surface area contributed by atoms with E-state index in [0.29, 0.717) is 5.56 Å². The zero-order valence-corrected chi connectivity index (χ0v) is 10.5. The van der Waals surface area contributed by atoms with Crippen LogP contribution in [0.1, 0.15) is 24.0 Å². The van der Waals surface area contributed by atoms with E-state index in [1.165, 1.54) is 12.1 Å². The van der Waals surface area contributed by atoms with Gasteiger partial charge in [0.2, 0.25) is 0 Å². The number of carbonyl (C=O) groups is 2. The van der Waals surface area contributed by atoms with Gasteiger partial charge < -0.3 is 15.9 Å². The van der Waals surface area contributed by atoms with Crippen molar-refractivity contribution in [3.63, 3.8) is 0 Å². The van der Waals surface area contributed by atoms with Crippen molar-refractivity contribution in [1.29, 1.82) is 0 Å². The third kappa shape index (κ3) is 3.94. The molecule has 0 amide bonds. The summed E-state index contributed by atoms with van der Waals surface area (Å²) in [5.74, 6) is -2.15. The number of nitrogen functional groups attached to an aromatic ring is 1. The van der Waals surface area contributed by atoms with Gasteiger partial charge in [0.15, 0.2) is 0 Å². The van der Waals surface area contributed by atoms with E-state index in [0.717, 1.165) is 0 Å². The molecule has 0 aromatic heterocycles. The van der Waals surface area contributed by atoms with E-state index in [4.69, 9.17) is 15.9 Å². The lowest BCUT2D eigenvalue weighted by Crippen LogP contribution is -2.09. The third-order valence-corrected chi connectivity index (χ3v) is 2.82. The highest BCUT2D eigenvalue weighted by Crippen LogP contribution is 2.29. The van der Waals surface area contributed by atoms with Gasteiger partial charge in [0.25, 0.3) is 5.69 Å². The fourth-order valence-electron chi connectivity index (χ4n) is 1.91. The van der Waals surface area contributed by atoms with Crippen molar-refractivity contribution in [2.24, 2.45) is 0 Å². The minimum absolute atomic E-state index is 0.0256. The normalized spacial score (nSPS) is 10.2. The van der Waals surface area contributed by atoms with Gasteiger partial charge in [-0.2, -0.15) is 0 Å². The summed E-state index contributed by atoms with van der Waals surface area (Å²) in [6.07, 6.45) is -0.556. The van der Waals surface area contributed by atoms with E-state index < -0.39 is 16.9 Å². The van der Waals surface area contributed by atoms with Crippen LogP contribution in [0.2, 0.25) is 0 Å². The smallest absolute Gasteiger partial charge is 0.303 e. The molecule has 0 unspecified atom stereocenters. The van der Waals surface area contributed by atoms with Crippen molar-refractivity contribution in [3.8, 4) is 0 Å². The average Bonchev–Trinajstić information content (AvgIpc) is 2.34. The highest BCUT2D eigenvalue weighted by Gasteiger charge is 2.20. The van der Waals surface area contributed by atoms with E-state index in [9.17, 15) is 19.7 Å². The van der Waals surface area contributed by atoms with Crippen LogP contribution in [0, 0.1) is 10.1 Å². The summed E-state index contributed by atoms with van der Waals surface area (Å²) in [4.78, 5) is 31.6. The molecule has 20 heavy (non-hydrogen) atoms. The quantitative estimate of drug-likeness (QED) is 0.387. The number of rotatable bonds is 7. The van der Waals surface area contributed by atoms with Gasteiger partial charge in [-0.15, -0.1) is 0 Å². The molecule has 0 aliphatic carbocycles. The number of nitro groups is 1. The number of carboxylic acid groups (broad SMARTS) is 2. The number of carboxylic acids is 2. The van der Waals surface area contributed by atoms with Gasteiger partial charge >= 0.3 is 11.9 Å². The molecule has 0 heterocycles. The molecule has 4 N–H and O–H groups in total. The number of nitrogens with two attached hydrogens (primary N) is 1. The highest BCUT2D eigenvalue weighted by atomic mass is 16.6. The van der Waals surface area contributed by atoms with Crippen molar-refractivity contribution in [2.75, 3.05) is 5.73 Å². The number of hydrogen-bond donors (Lipinski definition) is 3. The maximum absolute atomic E-state index is 11.0. The standard InChI is InChI=1S/C12H14N2O6/c13-9-3-4-10(14(19)20)8(2-6-12(17)18)7(9)1-5-11(15)16/h3-4H,1-2,5-6,13H2,(H,15,16)(H,17,18).